The molecule has 3 fully saturated rings. The van der Waals surface area contributed by atoms with Gasteiger partial charge >= 0.3 is 12.3 Å². The lowest BCUT2D eigenvalue weighted by Crippen LogP contribution is -2.35. The van der Waals surface area contributed by atoms with E-state index < -0.39 is 23.6 Å². The lowest BCUT2D eigenvalue weighted by atomic mass is 9.90. The summed E-state index contributed by atoms with van der Waals surface area (Å²) in [5.41, 5.74) is 0.625. The predicted octanol–water partition coefficient (Wildman–Crippen LogP) is 6.63. The number of amides is 3. The Labute approximate surface area is 257 Å². The summed E-state index contributed by atoms with van der Waals surface area (Å²) in [7, 11) is 0. The fraction of sp³-hybridized carbons (Fsp3) is 0.531. The number of pyridine rings is 2. The first-order valence-electron chi connectivity index (χ1n) is 14.7. The normalized spacial score (nSPS) is 23.1. The Morgan fingerprint density at radius 3 is 2.43 bits per heavy atom. The minimum absolute atomic E-state index is 0.0117. The van der Waals surface area contributed by atoms with Gasteiger partial charge in [-0.1, -0.05) is 13.8 Å². The van der Waals surface area contributed by atoms with Gasteiger partial charge in [0.05, 0.1) is 28.6 Å². The Bertz CT molecular complexity index is 1670. The van der Waals surface area contributed by atoms with E-state index in [0.29, 0.717) is 52.8 Å². The molecule has 3 aromatic heterocycles. The van der Waals surface area contributed by atoms with Crippen molar-refractivity contribution in [1.82, 2.24) is 19.8 Å². The molecule has 8 nitrogen and oxygen atoms in total. The molecular weight excluding hydrogens is 593 g/mol. The minimum atomic E-state index is -4.64. The van der Waals surface area contributed by atoms with Crippen molar-refractivity contribution in [2.75, 3.05) is 13.1 Å². The van der Waals surface area contributed by atoms with Crippen LogP contribution in [0.2, 0.25) is 0 Å². The summed E-state index contributed by atoms with van der Waals surface area (Å²) in [5.74, 6) is -0.910. The molecule has 234 valence electrons. The Balaban J connectivity index is 1.33. The molecule has 1 saturated carbocycles. The minimum Gasteiger partial charge on any atom is -0.444 e. The van der Waals surface area contributed by atoms with Gasteiger partial charge in [0.2, 0.25) is 11.8 Å². The molecule has 3 amide bonds. The molecule has 2 saturated heterocycles. The third kappa shape index (κ3) is 5.35. The number of piperidine rings is 1. The SMILES string of the molecule is Cc1nc(C(F)(F)F)cc(-c2ccnc3cc(CN4C(=O)C5C(C4=O)C5(C)C)sc23)c1CC1CCN(C(=O)OC(C)(C)C)C1. The fourth-order valence-corrected chi connectivity index (χ4v) is 7.85. The van der Waals surface area contributed by atoms with Crippen LogP contribution < -0.4 is 0 Å². The molecule has 3 aromatic rings. The van der Waals surface area contributed by atoms with Crippen molar-refractivity contribution >= 4 is 39.5 Å². The Hall–Kier alpha value is -3.54. The highest BCUT2D eigenvalue weighted by Gasteiger charge is 2.72. The van der Waals surface area contributed by atoms with Gasteiger partial charge in [-0.15, -0.1) is 11.3 Å². The van der Waals surface area contributed by atoms with E-state index in [1.165, 1.54) is 16.2 Å². The second kappa shape index (κ2) is 10.3. The number of thiophene rings is 1. The number of halogens is 3. The van der Waals surface area contributed by atoms with Crippen LogP contribution in [-0.2, 0) is 33.5 Å². The lowest BCUT2D eigenvalue weighted by Gasteiger charge is -2.24. The maximum atomic E-state index is 14.0. The molecule has 3 unspecified atom stereocenters. The Morgan fingerprint density at radius 2 is 1.80 bits per heavy atom. The van der Waals surface area contributed by atoms with E-state index in [1.54, 1.807) is 50.9 Å². The number of hydrogen-bond acceptors (Lipinski definition) is 7. The third-order valence-corrected chi connectivity index (χ3v) is 10.2. The number of aromatic nitrogens is 2. The average Bonchev–Trinajstić information content (AvgIpc) is 3.31. The zero-order valence-electron chi connectivity index (χ0n) is 25.5. The van der Waals surface area contributed by atoms with Gasteiger partial charge < -0.3 is 9.64 Å². The third-order valence-electron chi connectivity index (χ3n) is 9.01. The van der Waals surface area contributed by atoms with Crippen LogP contribution >= 0.6 is 11.3 Å². The second-order valence-electron chi connectivity index (χ2n) is 13.7. The van der Waals surface area contributed by atoms with E-state index in [9.17, 15) is 27.6 Å². The molecule has 2 aliphatic heterocycles. The van der Waals surface area contributed by atoms with Crippen LogP contribution in [0.4, 0.5) is 18.0 Å². The highest BCUT2D eigenvalue weighted by Crippen LogP contribution is 2.63. The number of nitrogens with zero attached hydrogens (tertiary/aromatic N) is 4. The van der Waals surface area contributed by atoms with Gasteiger partial charge in [-0.25, -0.2) is 9.78 Å². The highest BCUT2D eigenvalue weighted by molar-refractivity contribution is 7.19. The molecule has 3 atom stereocenters. The van der Waals surface area contributed by atoms with Crippen LogP contribution in [0.15, 0.2) is 24.4 Å². The van der Waals surface area contributed by atoms with Crippen molar-refractivity contribution in [3.05, 3.63) is 46.2 Å². The first kappa shape index (κ1) is 30.5. The first-order valence-corrected chi connectivity index (χ1v) is 15.6. The van der Waals surface area contributed by atoms with Crippen LogP contribution in [0.3, 0.4) is 0 Å². The predicted molar refractivity (Wildman–Crippen MR) is 159 cm³/mol. The smallest absolute Gasteiger partial charge is 0.433 e. The van der Waals surface area contributed by atoms with E-state index in [2.05, 4.69) is 9.97 Å². The molecule has 6 rings (SSSR count). The number of likely N-dealkylation sites (tertiary alicyclic amines) is 2. The summed E-state index contributed by atoms with van der Waals surface area (Å²) in [5, 5.41) is 0. The lowest BCUT2D eigenvalue weighted by molar-refractivity contribution is -0.144. The number of imide groups is 1. The van der Waals surface area contributed by atoms with Crippen LogP contribution in [0.5, 0.6) is 0 Å². The van der Waals surface area contributed by atoms with Gasteiger partial charge in [-0.3, -0.25) is 19.5 Å². The molecule has 1 aliphatic carbocycles. The van der Waals surface area contributed by atoms with Crippen molar-refractivity contribution in [2.45, 2.75) is 72.7 Å². The van der Waals surface area contributed by atoms with Gasteiger partial charge in [-0.05, 0) is 81.2 Å². The summed E-state index contributed by atoms with van der Waals surface area (Å²) in [6.45, 7) is 11.9. The van der Waals surface area contributed by atoms with Gasteiger partial charge in [-0.2, -0.15) is 13.2 Å². The average molecular weight is 629 g/mol. The van der Waals surface area contributed by atoms with Crippen molar-refractivity contribution in [2.24, 2.45) is 23.2 Å². The van der Waals surface area contributed by atoms with E-state index >= 15 is 0 Å². The van der Waals surface area contributed by atoms with Crippen molar-refractivity contribution in [3.63, 3.8) is 0 Å². The fourth-order valence-electron chi connectivity index (χ4n) is 6.72. The molecule has 0 N–H and O–H groups in total. The first-order chi connectivity index (χ1) is 20.5. The number of hydrogen-bond donors (Lipinski definition) is 0. The zero-order valence-corrected chi connectivity index (χ0v) is 26.4. The summed E-state index contributed by atoms with van der Waals surface area (Å²) in [6, 6.07) is 4.60. The number of rotatable bonds is 5. The van der Waals surface area contributed by atoms with Crippen LogP contribution in [0.1, 0.15) is 62.9 Å². The quantitative estimate of drug-likeness (QED) is 0.295. The van der Waals surface area contributed by atoms with Crippen LogP contribution in [-0.4, -0.2) is 56.4 Å². The van der Waals surface area contributed by atoms with Crippen molar-refractivity contribution in [1.29, 1.82) is 0 Å². The second-order valence-corrected chi connectivity index (χ2v) is 14.9. The molecule has 0 bridgehead atoms. The van der Waals surface area contributed by atoms with E-state index in [4.69, 9.17) is 4.74 Å². The van der Waals surface area contributed by atoms with Gasteiger partial charge in [0.25, 0.3) is 0 Å². The molecule has 5 heterocycles. The molecule has 3 aliphatic rings. The number of carbonyl (C=O) groups is 3. The monoisotopic (exact) mass is 628 g/mol. The highest BCUT2D eigenvalue weighted by atomic mass is 32.1. The molecular formula is C32H35F3N4O4S. The molecule has 0 aromatic carbocycles. The van der Waals surface area contributed by atoms with E-state index in [1.807, 2.05) is 13.8 Å². The molecule has 44 heavy (non-hydrogen) atoms. The van der Waals surface area contributed by atoms with Gasteiger partial charge in [0.1, 0.15) is 11.3 Å². The number of aryl methyl sites for hydroxylation is 1. The Kier molecular flexibility index (Phi) is 7.10. The largest absolute Gasteiger partial charge is 0.444 e. The van der Waals surface area contributed by atoms with Crippen molar-refractivity contribution < 1.29 is 32.3 Å². The number of alkyl halides is 3. The van der Waals surface area contributed by atoms with Gasteiger partial charge in [0, 0.05) is 35.4 Å². The molecule has 12 heteroatoms. The summed E-state index contributed by atoms with van der Waals surface area (Å²) >= 11 is 1.33. The zero-order chi connectivity index (χ0) is 31.9. The Morgan fingerprint density at radius 1 is 1.11 bits per heavy atom. The maximum absolute atomic E-state index is 14.0. The van der Waals surface area contributed by atoms with Crippen LogP contribution in [0.25, 0.3) is 21.3 Å². The summed E-state index contributed by atoms with van der Waals surface area (Å²) in [4.78, 5) is 50.6. The number of fused-ring (bicyclic) bond motifs is 2. The number of carbonyl (C=O) groups excluding carboxylic acids is 3. The summed E-state index contributed by atoms with van der Waals surface area (Å²) in [6.07, 6.45) is -2.37. The van der Waals surface area contributed by atoms with Gasteiger partial charge in [0.15, 0.2) is 0 Å². The standard InChI is InChI=1S/C32H35F3N4O4S/c1-16-20(11-17-8-10-38(14-17)29(42)43-30(2,3)4)21(13-23(37-16)32(33,34)35)19-7-9-36-22-12-18(44-26(19)22)15-39-27(40)24-25(28(39)41)31(24,5)6/h7,9,12-13,17,24-25H,8,10-11,14-15H2,1-6H3. The molecule has 0 spiro atoms. The van der Waals surface area contributed by atoms with E-state index in [-0.39, 0.29) is 47.2 Å². The topological polar surface area (TPSA) is 92.7 Å². The molecule has 0 radical (unpaired) electrons. The number of ether oxygens (including phenoxy) is 1. The van der Waals surface area contributed by atoms with Crippen LogP contribution in [0, 0.1) is 30.1 Å². The van der Waals surface area contributed by atoms with Crippen molar-refractivity contribution in [3.8, 4) is 11.1 Å². The maximum Gasteiger partial charge on any atom is 0.433 e. The summed E-state index contributed by atoms with van der Waals surface area (Å²) < 4.78 is 48.1. The van der Waals surface area contributed by atoms with E-state index in [0.717, 1.165) is 10.9 Å².